The zero-order valence-corrected chi connectivity index (χ0v) is 12.6. The molecule has 3 nitrogen and oxygen atoms in total. The van der Waals surface area contributed by atoms with Crippen LogP contribution in [-0.4, -0.2) is 9.97 Å². The van der Waals surface area contributed by atoms with Crippen LogP contribution in [0.15, 0.2) is 24.4 Å². The van der Waals surface area contributed by atoms with Gasteiger partial charge >= 0.3 is 0 Å². The van der Waals surface area contributed by atoms with E-state index in [4.69, 9.17) is 23.2 Å². The molecule has 0 aliphatic carbocycles. The lowest BCUT2D eigenvalue weighted by Crippen LogP contribution is -2.19. The molecule has 20 heavy (non-hydrogen) atoms. The number of aryl methyl sites for hydroxylation is 1. The molecule has 0 fully saturated rings. The molecule has 1 heterocycles. The van der Waals surface area contributed by atoms with Gasteiger partial charge in [-0.15, -0.1) is 0 Å². The Bertz CT molecular complexity index is 619. The smallest absolute Gasteiger partial charge is 0.142 e. The molecule has 0 radical (unpaired) electrons. The molecule has 0 amide bonds. The van der Waals surface area contributed by atoms with Crippen LogP contribution in [0.5, 0.6) is 0 Å². The minimum atomic E-state index is -0.474. The number of aromatic nitrogens is 2. The van der Waals surface area contributed by atoms with Crippen LogP contribution in [-0.2, 0) is 6.54 Å². The molecule has 0 aliphatic rings. The fourth-order valence-electron chi connectivity index (χ4n) is 1.84. The summed E-state index contributed by atoms with van der Waals surface area (Å²) in [5.41, 5.74) is 1.54. The van der Waals surface area contributed by atoms with Gasteiger partial charge in [0.2, 0.25) is 0 Å². The molecule has 0 saturated heterocycles. The van der Waals surface area contributed by atoms with Crippen molar-refractivity contribution in [1.29, 1.82) is 0 Å². The lowest BCUT2D eigenvalue weighted by atomic mass is 10.1. The molecule has 0 aliphatic heterocycles. The normalized spacial score (nSPS) is 12.4. The molecule has 1 N–H and O–H groups in total. The van der Waals surface area contributed by atoms with E-state index in [0.29, 0.717) is 23.0 Å². The molecule has 2 aromatic rings. The zero-order valence-electron chi connectivity index (χ0n) is 11.1. The first-order chi connectivity index (χ1) is 9.47. The summed E-state index contributed by atoms with van der Waals surface area (Å²) < 4.78 is 13.5. The third-order valence-corrected chi connectivity index (χ3v) is 3.55. The largest absolute Gasteiger partial charge is 0.305 e. The van der Waals surface area contributed by atoms with Crippen LogP contribution in [0.4, 0.5) is 4.39 Å². The van der Waals surface area contributed by atoms with Crippen LogP contribution < -0.4 is 5.32 Å². The lowest BCUT2D eigenvalue weighted by Gasteiger charge is -2.16. The van der Waals surface area contributed by atoms with Gasteiger partial charge in [0.05, 0.1) is 10.7 Å². The molecule has 0 bridgehead atoms. The van der Waals surface area contributed by atoms with Crippen LogP contribution in [0.25, 0.3) is 0 Å². The Hall–Kier alpha value is -1.23. The van der Waals surface area contributed by atoms with E-state index in [1.165, 1.54) is 12.1 Å². The van der Waals surface area contributed by atoms with Crippen LogP contribution in [0.1, 0.15) is 30.0 Å². The summed E-state index contributed by atoms with van der Waals surface area (Å²) >= 11 is 11.8. The highest BCUT2D eigenvalue weighted by Crippen LogP contribution is 2.28. The molecule has 1 aromatic carbocycles. The van der Waals surface area contributed by atoms with Crippen molar-refractivity contribution >= 4 is 23.2 Å². The van der Waals surface area contributed by atoms with Gasteiger partial charge in [0.1, 0.15) is 11.6 Å². The summed E-state index contributed by atoms with van der Waals surface area (Å²) in [5.74, 6) is 0.241. The maximum Gasteiger partial charge on any atom is 0.142 e. The monoisotopic (exact) mass is 313 g/mol. The first-order valence-electron chi connectivity index (χ1n) is 6.13. The number of nitrogens with one attached hydrogen (secondary N) is 1. The van der Waals surface area contributed by atoms with Gasteiger partial charge in [-0.1, -0.05) is 23.2 Å². The van der Waals surface area contributed by atoms with E-state index in [-0.39, 0.29) is 11.1 Å². The van der Waals surface area contributed by atoms with Crippen LogP contribution in [0.2, 0.25) is 10.0 Å². The average molecular weight is 314 g/mol. The van der Waals surface area contributed by atoms with Gasteiger partial charge in [0.15, 0.2) is 0 Å². The van der Waals surface area contributed by atoms with Gasteiger partial charge in [-0.25, -0.2) is 14.4 Å². The van der Waals surface area contributed by atoms with Gasteiger partial charge in [0.25, 0.3) is 0 Å². The molecule has 0 spiro atoms. The van der Waals surface area contributed by atoms with Gasteiger partial charge in [-0.05, 0) is 37.6 Å². The van der Waals surface area contributed by atoms with Gasteiger partial charge in [-0.3, -0.25) is 0 Å². The highest BCUT2D eigenvalue weighted by molar-refractivity contribution is 6.35. The number of hydrogen-bond donors (Lipinski definition) is 1. The van der Waals surface area contributed by atoms with E-state index in [1.807, 2.05) is 19.9 Å². The summed E-state index contributed by atoms with van der Waals surface area (Å²) in [5, 5.41) is 3.71. The van der Waals surface area contributed by atoms with Crippen LogP contribution in [0, 0.1) is 12.7 Å². The molecule has 6 heteroatoms. The number of benzene rings is 1. The maximum atomic E-state index is 13.5. The van der Waals surface area contributed by atoms with Gasteiger partial charge in [0, 0.05) is 23.8 Å². The molecule has 1 aromatic heterocycles. The summed E-state index contributed by atoms with van der Waals surface area (Å²) in [4.78, 5) is 8.33. The first-order valence-corrected chi connectivity index (χ1v) is 6.89. The van der Waals surface area contributed by atoms with E-state index in [1.54, 1.807) is 6.20 Å². The van der Waals surface area contributed by atoms with E-state index < -0.39 is 5.82 Å². The molecule has 1 atom stereocenters. The Morgan fingerprint density at radius 3 is 2.75 bits per heavy atom. The summed E-state index contributed by atoms with van der Waals surface area (Å²) in [7, 11) is 0. The van der Waals surface area contributed by atoms with E-state index in [9.17, 15) is 4.39 Å². The van der Waals surface area contributed by atoms with Crippen molar-refractivity contribution < 1.29 is 4.39 Å². The molecule has 106 valence electrons. The molecule has 0 saturated carbocycles. The predicted octanol–water partition coefficient (Wildman–Crippen LogP) is 4.08. The number of nitrogens with zero attached hydrogens (tertiary/aromatic N) is 2. The second kappa shape index (κ2) is 6.48. The topological polar surface area (TPSA) is 37.8 Å². The zero-order chi connectivity index (χ0) is 14.7. The second-order valence-corrected chi connectivity index (χ2v) is 5.30. The van der Waals surface area contributed by atoms with Crippen molar-refractivity contribution in [2.75, 3.05) is 0 Å². The van der Waals surface area contributed by atoms with Crippen molar-refractivity contribution in [2.24, 2.45) is 0 Å². The van der Waals surface area contributed by atoms with E-state index in [2.05, 4.69) is 15.3 Å². The van der Waals surface area contributed by atoms with E-state index in [0.717, 1.165) is 5.69 Å². The van der Waals surface area contributed by atoms with Crippen LogP contribution in [0.3, 0.4) is 0 Å². The minimum absolute atomic E-state index is 0.0253. The van der Waals surface area contributed by atoms with E-state index >= 15 is 0 Å². The lowest BCUT2D eigenvalue weighted by molar-refractivity contribution is 0.558. The molecular weight excluding hydrogens is 300 g/mol. The van der Waals surface area contributed by atoms with Gasteiger partial charge < -0.3 is 5.32 Å². The van der Waals surface area contributed by atoms with Crippen LogP contribution >= 0.6 is 23.2 Å². The Kier molecular flexibility index (Phi) is 4.91. The summed E-state index contributed by atoms with van der Waals surface area (Å²) in [6, 6.07) is 4.48. The summed E-state index contributed by atoms with van der Waals surface area (Å²) in [6.07, 6.45) is 1.71. The fraction of sp³-hybridized carbons (Fsp3) is 0.286. The molecule has 1 unspecified atom stereocenters. The SMILES string of the molecule is Cc1nccc(CNC(C)c2cc(F)c(Cl)cc2Cl)n1. The number of rotatable bonds is 4. The minimum Gasteiger partial charge on any atom is -0.305 e. The molecular formula is C14H14Cl2FN3. The highest BCUT2D eigenvalue weighted by Gasteiger charge is 2.13. The Morgan fingerprint density at radius 1 is 1.30 bits per heavy atom. The van der Waals surface area contributed by atoms with Crippen molar-refractivity contribution in [3.8, 4) is 0 Å². The van der Waals surface area contributed by atoms with Crippen molar-refractivity contribution in [1.82, 2.24) is 15.3 Å². The third kappa shape index (κ3) is 3.66. The predicted molar refractivity (Wildman–Crippen MR) is 78.4 cm³/mol. The van der Waals surface area contributed by atoms with Crippen molar-refractivity contribution in [3.05, 3.63) is 57.3 Å². The van der Waals surface area contributed by atoms with Gasteiger partial charge in [-0.2, -0.15) is 0 Å². The maximum absolute atomic E-state index is 13.5. The Balaban J connectivity index is 2.09. The molecule has 2 rings (SSSR count). The second-order valence-electron chi connectivity index (χ2n) is 4.49. The Morgan fingerprint density at radius 2 is 2.05 bits per heavy atom. The van der Waals surface area contributed by atoms with Crippen molar-refractivity contribution in [2.45, 2.75) is 26.4 Å². The standard InChI is InChI=1S/C14H14Cl2FN3/c1-8(11-5-14(17)13(16)6-12(11)15)19-7-10-3-4-18-9(2)20-10/h3-6,8,19H,7H2,1-2H3. The Labute approximate surface area is 127 Å². The number of halogens is 3. The quantitative estimate of drug-likeness (QED) is 0.864. The first kappa shape index (κ1) is 15.2. The third-order valence-electron chi connectivity index (χ3n) is 2.93. The fourth-order valence-corrected chi connectivity index (χ4v) is 2.39. The van der Waals surface area contributed by atoms with Crippen molar-refractivity contribution in [3.63, 3.8) is 0 Å². The number of hydrogen-bond acceptors (Lipinski definition) is 3. The average Bonchev–Trinajstić information content (AvgIpc) is 2.40. The summed E-state index contributed by atoms with van der Waals surface area (Å²) in [6.45, 7) is 4.28. The highest BCUT2D eigenvalue weighted by atomic mass is 35.5.